The average Bonchev–Trinajstić information content (AvgIpc) is 2.82. The molecule has 0 aliphatic rings. The minimum absolute atomic E-state index is 0.194. The number of benzene rings is 2. The van der Waals surface area contributed by atoms with Crippen molar-refractivity contribution in [1.82, 2.24) is 4.98 Å². The Balaban J connectivity index is 0.00000137. The van der Waals surface area contributed by atoms with Crippen molar-refractivity contribution in [3.05, 3.63) is 103 Å². The number of hydrogen-bond donors (Lipinski definition) is 0. The van der Waals surface area contributed by atoms with Gasteiger partial charge in [-0.25, -0.2) is 0 Å². The van der Waals surface area contributed by atoms with Gasteiger partial charge in [-0.05, 0) is 63.1 Å². The molecule has 1 heterocycles. The standard InChI is InChI=1S/C26H26F3N3.2ClH.Fe/c1-17-11-7-9-13-24(17)31(5)19(3)22-15-21(26(27,28)29)16-23(30-22)20(4)32(6)25-14-10-8-12-18(25)2;;;/h7-16H,5-6H2,1-4H3;2*1H;/q;;;+2/p-2. The maximum absolute atomic E-state index is 13.7. The molecule has 0 fully saturated rings. The van der Waals surface area contributed by atoms with Crippen molar-refractivity contribution in [2.75, 3.05) is 0 Å². The summed E-state index contributed by atoms with van der Waals surface area (Å²) in [5, 5.41) is 0. The van der Waals surface area contributed by atoms with Crippen LogP contribution in [0.2, 0.25) is 0 Å². The first-order valence-corrected chi connectivity index (χ1v) is 13.4. The van der Waals surface area contributed by atoms with Gasteiger partial charge in [-0.1, -0.05) is 36.4 Å². The van der Waals surface area contributed by atoms with Crippen LogP contribution in [0.5, 0.6) is 0 Å². The van der Waals surface area contributed by atoms with Gasteiger partial charge in [0.05, 0.1) is 17.0 Å². The van der Waals surface area contributed by atoms with Gasteiger partial charge < -0.3 is 9.15 Å². The molecule has 0 saturated carbocycles. The van der Waals surface area contributed by atoms with Crippen LogP contribution in [0, 0.1) is 27.9 Å². The maximum atomic E-state index is 13.7. The van der Waals surface area contributed by atoms with Gasteiger partial charge in [0, 0.05) is 14.1 Å². The fourth-order valence-corrected chi connectivity index (χ4v) is 3.44. The summed E-state index contributed by atoms with van der Waals surface area (Å²) in [4.78, 5) is 4.56. The molecule has 0 radical (unpaired) electrons. The Kier molecular flexibility index (Phi) is 10.3. The van der Waals surface area contributed by atoms with E-state index in [4.69, 9.17) is 20.2 Å². The Morgan fingerprint density at radius 1 is 0.800 bits per heavy atom. The van der Waals surface area contributed by atoms with Crippen LogP contribution in [-0.2, 0) is 19.3 Å². The summed E-state index contributed by atoms with van der Waals surface area (Å²) in [7, 11) is 17.6. The fraction of sp³-hybridized carbons (Fsp3) is 0.192. The van der Waals surface area contributed by atoms with E-state index in [0.717, 1.165) is 34.6 Å². The van der Waals surface area contributed by atoms with E-state index in [0.29, 0.717) is 11.4 Å². The van der Waals surface area contributed by atoms with Gasteiger partial charge in [0.2, 0.25) is 0 Å². The summed E-state index contributed by atoms with van der Waals surface area (Å²) in [6, 6.07) is 17.2. The van der Waals surface area contributed by atoms with E-state index in [2.05, 4.69) is 19.1 Å². The number of hydrogen-bond acceptors (Lipinski definition) is 1. The number of aromatic nitrogens is 1. The molecule has 3 nitrogen and oxygen atoms in total. The second-order valence-electron chi connectivity index (χ2n) is 7.77. The molecule has 0 saturated heterocycles. The molecule has 1 aromatic heterocycles. The van der Waals surface area contributed by atoms with E-state index in [1.807, 2.05) is 62.4 Å². The van der Waals surface area contributed by atoms with E-state index < -0.39 is 11.7 Å². The third-order valence-electron chi connectivity index (χ3n) is 5.52. The van der Waals surface area contributed by atoms with Crippen LogP contribution in [0.25, 0.3) is 0 Å². The molecule has 3 rings (SSSR count). The Morgan fingerprint density at radius 3 is 1.46 bits per heavy atom. The van der Waals surface area contributed by atoms with E-state index in [1.165, 1.54) is 0 Å². The zero-order valence-electron chi connectivity index (χ0n) is 19.8. The number of pyridine rings is 1. The molecule has 9 heteroatoms. The molecular formula is C26H26Cl2F3FeN3. The quantitative estimate of drug-likeness (QED) is 0.136. The molecule has 0 aliphatic carbocycles. The van der Waals surface area contributed by atoms with Gasteiger partial charge in [0.15, 0.2) is 0 Å². The molecule has 188 valence electrons. The number of nitrogens with zero attached hydrogens (tertiary/aromatic N) is 3. The number of halogens is 5. The van der Waals surface area contributed by atoms with Crippen molar-refractivity contribution >= 4 is 43.0 Å². The molecule has 0 spiro atoms. The minimum atomic E-state index is -4.52. The third kappa shape index (κ3) is 7.28. The Morgan fingerprint density at radius 2 is 1.14 bits per heavy atom. The van der Waals surface area contributed by atoms with E-state index in [1.54, 1.807) is 23.0 Å². The van der Waals surface area contributed by atoms with Crippen LogP contribution in [0.1, 0.15) is 41.9 Å². The van der Waals surface area contributed by atoms with Gasteiger partial charge in [0.1, 0.15) is 22.8 Å². The Hall–Kier alpha value is -2.44. The third-order valence-corrected chi connectivity index (χ3v) is 5.52. The zero-order valence-corrected chi connectivity index (χ0v) is 22.4. The molecule has 0 atom stereocenters. The molecule has 0 N–H and O–H groups in total. The number of alkyl halides is 3. The number of aryl methyl sites for hydroxylation is 2. The van der Waals surface area contributed by atoms with Crippen molar-refractivity contribution in [1.29, 1.82) is 0 Å². The second kappa shape index (κ2) is 12.5. The second-order valence-corrected chi connectivity index (χ2v) is 9.60. The van der Waals surface area contributed by atoms with Gasteiger partial charge in [0.25, 0.3) is 0 Å². The van der Waals surface area contributed by atoms with Crippen molar-refractivity contribution in [3.8, 4) is 0 Å². The molecule has 0 amide bonds. The predicted octanol–water partition coefficient (Wildman–Crippen LogP) is 7.98. The van der Waals surface area contributed by atoms with Gasteiger partial charge in [-0.2, -0.15) is 13.2 Å². The topological polar surface area (TPSA) is 18.9 Å². The Labute approximate surface area is 219 Å². The van der Waals surface area contributed by atoms with E-state index in [9.17, 15) is 13.2 Å². The first-order valence-electron chi connectivity index (χ1n) is 10.4. The molecule has 0 bridgehead atoms. The Bertz CT molecular complexity index is 1170. The van der Waals surface area contributed by atoms with E-state index >= 15 is 0 Å². The van der Waals surface area contributed by atoms with Crippen LogP contribution >= 0.6 is 20.2 Å². The van der Waals surface area contributed by atoms with Crippen LogP contribution < -0.4 is 0 Å². The van der Waals surface area contributed by atoms with Crippen LogP contribution in [0.15, 0.2) is 60.7 Å². The average molecular weight is 564 g/mol. The van der Waals surface area contributed by atoms with Crippen molar-refractivity contribution < 1.29 is 35.5 Å². The van der Waals surface area contributed by atoms with Crippen molar-refractivity contribution in [2.45, 2.75) is 33.9 Å². The van der Waals surface area contributed by atoms with Crippen LogP contribution in [-0.4, -0.2) is 25.6 Å². The monoisotopic (exact) mass is 563 g/mol. The molecule has 3 aromatic rings. The first kappa shape index (κ1) is 28.8. The molecular weight excluding hydrogens is 538 g/mol. The summed E-state index contributed by atoms with van der Waals surface area (Å²) in [6.07, 6.45) is -4.52. The fourth-order valence-electron chi connectivity index (χ4n) is 3.44. The van der Waals surface area contributed by atoms with Crippen molar-refractivity contribution in [3.63, 3.8) is 0 Å². The van der Waals surface area contributed by atoms with E-state index in [-0.39, 0.29) is 24.5 Å². The van der Waals surface area contributed by atoms with Gasteiger partial charge in [-0.15, -0.1) is 0 Å². The zero-order chi connectivity index (χ0) is 26.3. The summed E-state index contributed by atoms with van der Waals surface area (Å²) < 4.78 is 44.5. The summed E-state index contributed by atoms with van der Waals surface area (Å²) in [6.45, 7) is 7.27. The summed E-state index contributed by atoms with van der Waals surface area (Å²) in [5.74, 6) is 0. The SMILES string of the molecule is [CH2-][N+](=C(C)c1cc(C(F)(F)F)cc(C(C)=[N+]([CH2-])c2ccccc2C)n1)c1ccccc1C.[Cl][Fe][Cl]. The first-order chi connectivity index (χ1) is 16.4. The van der Waals surface area contributed by atoms with Gasteiger partial charge >= 0.3 is 39.5 Å². The van der Waals surface area contributed by atoms with Crippen molar-refractivity contribution in [2.24, 2.45) is 0 Å². The normalized spacial score (nSPS) is 12.9. The summed E-state index contributed by atoms with van der Waals surface area (Å²) in [5.41, 5.74) is 4.15. The molecule has 0 unspecified atom stereocenters. The number of para-hydroxylation sites is 2. The number of rotatable bonds is 4. The predicted molar refractivity (Wildman–Crippen MR) is 133 cm³/mol. The van der Waals surface area contributed by atoms with Gasteiger partial charge in [-0.3, -0.25) is 4.98 Å². The van der Waals surface area contributed by atoms with Crippen LogP contribution in [0.4, 0.5) is 24.5 Å². The summed E-state index contributed by atoms with van der Waals surface area (Å²) >= 11 is 0.194. The molecule has 35 heavy (non-hydrogen) atoms. The van der Waals surface area contributed by atoms with Crippen LogP contribution in [0.3, 0.4) is 0 Å². The molecule has 2 aromatic carbocycles. The molecule has 0 aliphatic heterocycles.